The van der Waals surface area contributed by atoms with Crippen LogP contribution in [0.5, 0.6) is 0 Å². The molecule has 2 aromatic heterocycles. The standard InChI is InChI=1S/C14H19F2N3O2.C12H14F2N2O2.C2H7NO.ClH/c1-10-17-8-11(9-18-10)13(12(20)19(2)21-3)4-6-14(15,16)7-5-13;1-8-15-6-9(7-16-8)11(10(17)18)2-4-12(13,14)5-3-11;1-3-4-2;/h8-9H,4-7H2,1-3H3;6-7H,2-5H2,1H3,(H,17,18);3H,1-2H3;1H. The van der Waals surface area contributed by atoms with Gasteiger partial charge in [0.05, 0.1) is 25.0 Å². The molecule has 2 N–H and O–H groups in total. The molecule has 2 saturated carbocycles. The minimum atomic E-state index is -2.76. The van der Waals surface area contributed by atoms with Gasteiger partial charge in [0, 0.05) is 75.7 Å². The first-order chi connectivity index (χ1) is 20.1. The Bertz CT molecular complexity index is 1190. The van der Waals surface area contributed by atoms with Crippen LogP contribution in [-0.4, -0.2) is 82.1 Å². The monoisotopic (exact) mass is 652 g/mol. The summed E-state index contributed by atoms with van der Waals surface area (Å²) in [6.07, 6.45) is 4.43. The van der Waals surface area contributed by atoms with Gasteiger partial charge in [-0.05, 0) is 39.5 Å². The van der Waals surface area contributed by atoms with Gasteiger partial charge in [0.2, 0.25) is 11.8 Å². The van der Waals surface area contributed by atoms with Crippen LogP contribution in [-0.2, 0) is 30.1 Å². The van der Waals surface area contributed by atoms with Crippen molar-refractivity contribution in [2.24, 2.45) is 0 Å². The lowest BCUT2D eigenvalue weighted by Crippen LogP contribution is -2.49. The van der Waals surface area contributed by atoms with Gasteiger partial charge in [-0.25, -0.2) is 48.0 Å². The van der Waals surface area contributed by atoms with E-state index in [1.165, 1.54) is 26.6 Å². The molecule has 0 atom stereocenters. The molecule has 0 saturated heterocycles. The predicted molar refractivity (Wildman–Crippen MR) is 154 cm³/mol. The second-order valence-corrected chi connectivity index (χ2v) is 10.6. The Morgan fingerprint density at radius 1 is 0.773 bits per heavy atom. The normalized spacial score (nSPS) is 19.0. The number of rotatable bonds is 6. The van der Waals surface area contributed by atoms with E-state index in [0.717, 1.165) is 5.06 Å². The van der Waals surface area contributed by atoms with Gasteiger partial charge in [-0.15, -0.1) is 12.4 Å². The van der Waals surface area contributed by atoms with Crippen LogP contribution >= 0.6 is 12.4 Å². The molecule has 0 unspecified atom stereocenters. The number of carbonyl (C=O) groups is 2. The largest absolute Gasteiger partial charge is 0.481 e. The van der Waals surface area contributed by atoms with Crippen LogP contribution in [0.15, 0.2) is 24.8 Å². The summed E-state index contributed by atoms with van der Waals surface area (Å²) in [5, 5.41) is 10.5. The van der Waals surface area contributed by atoms with E-state index in [9.17, 15) is 32.3 Å². The smallest absolute Gasteiger partial charge is 0.314 e. The van der Waals surface area contributed by atoms with Crippen molar-refractivity contribution in [1.82, 2.24) is 30.5 Å². The number of aliphatic carboxylic acids is 1. The van der Waals surface area contributed by atoms with Crippen LogP contribution in [0.25, 0.3) is 0 Å². The van der Waals surface area contributed by atoms with Gasteiger partial charge in [-0.3, -0.25) is 14.4 Å². The second-order valence-electron chi connectivity index (χ2n) is 10.6. The molecule has 44 heavy (non-hydrogen) atoms. The minimum Gasteiger partial charge on any atom is -0.481 e. The van der Waals surface area contributed by atoms with Crippen molar-refractivity contribution < 1.29 is 41.9 Å². The van der Waals surface area contributed by atoms with Gasteiger partial charge in [0.15, 0.2) is 0 Å². The lowest BCUT2D eigenvalue weighted by atomic mass is 9.68. The number of hydrogen-bond acceptors (Lipinski definition) is 9. The van der Waals surface area contributed by atoms with Crippen LogP contribution in [0.1, 0.15) is 74.1 Å². The molecule has 0 spiro atoms. The number of likely N-dealkylation sites (N-methyl/N-ethyl adjacent to an activating group) is 1. The van der Waals surface area contributed by atoms with Crippen molar-refractivity contribution in [2.75, 3.05) is 28.3 Å². The van der Waals surface area contributed by atoms with E-state index in [0.29, 0.717) is 22.8 Å². The summed E-state index contributed by atoms with van der Waals surface area (Å²) < 4.78 is 53.3. The fourth-order valence-electron chi connectivity index (χ4n) is 5.00. The molecule has 11 nitrogen and oxygen atoms in total. The average Bonchev–Trinajstić information content (AvgIpc) is 2.98. The van der Waals surface area contributed by atoms with E-state index in [-0.39, 0.29) is 56.8 Å². The molecule has 16 heteroatoms. The zero-order valence-corrected chi connectivity index (χ0v) is 26.5. The molecule has 2 aromatic rings. The molecular weight excluding hydrogens is 612 g/mol. The SMILES string of the molecule is CNOC.CON(C)C(=O)C1(c2cnc(C)nc2)CCC(F)(F)CC1.Cc1ncc(C2(C(=O)O)CCC(F)(F)CC2)cn1.Cl. The highest BCUT2D eigenvalue weighted by molar-refractivity contribution is 5.87. The number of carboxylic acids is 1. The van der Waals surface area contributed by atoms with Crippen molar-refractivity contribution in [3.63, 3.8) is 0 Å². The van der Waals surface area contributed by atoms with E-state index >= 15 is 0 Å². The van der Waals surface area contributed by atoms with Crippen molar-refractivity contribution in [1.29, 1.82) is 0 Å². The molecule has 4 rings (SSSR count). The van der Waals surface area contributed by atoms with Gasteiger partial charge in [-0.2, -0.15) is 0 Å². The minimum absolute atomic E-state index is 0. The fourth-order valence-corrected chi connectivity index (χ4v) is 5.00. The zero-order chi connectivity index (χ0) is 32.5. The van der Waals surface area contributed by atoms with E-state index in [1.54, 1.807) is 40.4 Å². The summed E-state index contributed by atoms with van der Waals surface area (Å²) in [5.41, 5.74) is 1.10. The predicted octanol–water partition coefficient (Wildman–Crippen LogP) is 4.76. The number of hydroxylamine groups is 3. The summed E-state index contributed by atoms with van der Waals surface area (Å²) in [6, 6.07) is 0. The third kappa shape index (κ3) is 9.74. The highest BCUT2D eigenvalue weighted by Crippen LogP contribution is 2.47. The summed E-state index contributed by atoms with van der Waals surface area (Å²) in [5.74, 6) is -5.80. The highest BCUT2D eigenvalue weighted by Gasteiger charge is 2.51. The summed E-state index contributed by atoms with van der Waals surface area (Å²) >= 11 is 0. The van der Waals surface area contributed by atoms with Crippen molar-refractivity contribution in [3.8, 4) is 0 Å². The number of hydrogen-bond donors (Lipinski definition) is 2. The summed E-state index contributed by atoms with van der Waals surface area (Å²) in [4.78, 5) is 49.5. The molecule has 2 fully saturated rings. The number of alkyl halides is 4. The average molecular weight is 653 g/mol. The third-order valence-corrected chi connectivity index (χ3v) is 7.92. The van der Waals surface area contributed by atoms with E-state index in [1.807, 2.05) is 0 Å². The Morgan fingerprint density at radius 3 is 1.39 bits per heavy atom. The first kappa shape index (κ1) is 39.0. The maximum atomic E-state index is 13.5. The number of nitrogens with one attached hydrogen (secondary N) is 1. The summed E-state index contributed by atoms with van der Waals surface area (Å²) in [6.45, 7) is 3.42. The lowest BCUT2D eigenvalue weighted by molar-refractivity contribution is -0.179. The van der Waals surface area contributed by atoms with Crippen molar-refractivity contribution >= 4 is 24.3 Å². The van der Waals surface area contributed by atoms with Gasteiger partial charge >= 0.3 is 5.97 Å². The van der Waals surface area contributed by atoms with E-state index in [2.05, 4.69) is 30.3 Å². The number of carboxylic acid groups (broad SMARTS) is 1. The van der Waals surface area contributed by atoms with E-state index < -0.39 is 41.5 Å². The molecule has 248 valence electrons. The maximum absolute atomic E-state index is 13.5. The molecule has 2 aliphatic carbocycles. The number of aryl methyl sites for hydroxylation is 2. The Labute approximate surface area is 260 Å². The van der Waals surface area contributed by atoms with Crippen molar-refractivity contribution in [3.05, 3.63) is 47.6 Å². The molecule has 0 aliphatic heterocycles. The van der Waals surface area contributed by atoms with Crippen LogP contribution in [0.2, 0.25) is 0 Å². The Kier molecular flexibility index (Phi) is 14.5. The fraction of sp³-hybridized carbons (Fsp3) is 0.643. The quantitative estimate of drug-likeness (QED) is 0.332. The van der Waals surface area contributed by atoms with Gasteiger partial charge in [0.25, 0.3) is 5.91 Å². The molecule has 2 aliphatic rings. The number of aromatic nitrogens is 4. The van der Waals surface area contributed by atoms with Crippen LogP contribution in [0, 0.1) is 13.8 Å². The molecule has 1 amide bonds. The van der Waals surface area contributed by atoms with Gasteiger partial charge in [0.1, 0.15) is 11.6 Å². The van der Waals surface area contributed by atoms with Gasteiger partial charge in [-0.1, -0.05) is 0 Å². The first-order valence-corrected chi connectivity index (χ1v) is 13.7. The Balaban J connectivity index is 0.000000388. The number of nitrogens with zero attached hydrogens (tertiary/aromatic N) is 5. The topological polar surface area (TPSA) is 140 Å². The lowest BCUT2D eigenvalue weighted by Gasteiger charge is -2.40. The maximum Gasteiger partial charge on any atom is 0.314 e. The van der Waals surface area contributed by atoms with Crippen molar-refractivity contribution in [2.45, 2.75) is 87.9 Å². The van der Waals surface area contributed by atoms with E-state index in [4.69, 9.17) is 4.84 Å². The number of halogens is 5. The second kappa shape index (κ2) is 16.3. The van der Waals surface area contributed by atoms with Crippen LogP contribution in [0.4, 0.5) is 17.6 Å². The molecule has 0 aromatic carbocycles. The summed E-state index contributed by atoms with van der Waals surface area (Å²) in [7, 11) is 6.13. The third-order valence-electron chi connectivity index (χ3n) is 7.92. The number of carbonyl (C=O) groups excluding carboxylic acids is 1. The first-order valence-electron chi connectivity index (χ1n) is 13.7. The zero-order valence-electron chi connectivity index (χ0n) is 25.7. The Hall–Kier alpha value is -3.01. The molecule has 2 heterocycles. The molecule has 0 bridgehead atoms. The molecule has 0 radical (unpaired) electrons. The Morgan fingerprint density at radius 2 is 1.09 bits per heavy atom. The highest BCUT2D eigenvalue weighted by atomic mass is 35.5. The van der Waals surface area contributed by atoms with Gasteiger partial charge < -0.3 is 9.94 Å². The number of amides is 1. The van der Waals surface area contributed by atoms with Crippen LogP contribution in [0.3, 0.4) is 0 Å². The van der Waals surface area contributed by atoms with Crippen LogP contribution < -0.4 is 5.48 Å². The molecular formula is C28H41ClF4N6O5.